The largest absolute Gasteiger partial charge is 0.382 e. The smallest absolute Gasteiger partial charge is 0.247 e. The van der Waals surface area contributed by atoms with Crippen LogP contribution in [0.5, 0.6) is 0 Å². The van der Waals surface area contributed by atoms with Gasteiger partial charge in [-0.05, 0) is 17.7 Å². The zero-order chi connectivity index (χ0) is 11.8. The second-order valence-corrected chi connectivity index (χ2v) is 3.61. The van der Waals surface area contributed by atoms with E-state index in [-0.39, 0.29) is 12.3 Å². The molecular formula is C11H14ClNO3. The fourth-order valence-corrected chi connectivity index (χ4v) is 1.21. The van der Waals surface area contributed by atoms with E-state index >= 15 is 0 Å². The molecule has 1 N–H and O–H groups in total. The summed E-state index contributed by atoms with van der Waals surface area (Å²) in [5, 5.41) is 0.653. The number of carbonyl (C=O) groups excluding carboxylic acids is 1. The first kappa shape index (κ1) is 13.0. The molecule has 0 fully saturated rings. The van der Waals surface area contributed by atoms with Crippen molar-refractivity contribution in [2.45, 2.75) is 6.42 Å². The van der Waals surface area contributed by atoms with E-state index in [1.807, 2.05) is 0 Å². The number of methoxy groups -OCH3 is 1. The summed E-state index contributed by atoms with van der Waals surface area (Å²) < 4.78 is 4.76. The number of hydroxylamine groups is 1. The van der Waals surface area contributed by atoms with E-state index in [1.165, 1.54) is 0 Å². The molecule has 16 heavy (non-hydrogen) atoms. The lowest BCUT2D eigenvalue weighted by Gasteiger charge is -2.05. The second kappa shape index (κ2) is 7.22. The minimum absolute atomic E-state index is 0.196. The van der Waals surface area contributed by atoms with E-state index in [2.05, 4.69) is 5.48 Å². The van der Waals surface area contributed by atoms with Crippen LogP contribution in [0.1, 0.15) is 5.56 Å². The Balaban J connectivity index is 2.26. The first-order valence-corrected chi connectivity index (χ1v) is 5.24. The Morgan fingerprint density at radius 1 is 1.31 bits per heavy atom. The summed E-state index contributed by atoms with van der Waals surface area (Å²) in [6.07, 6.45) is 0.268. The van der Waals surface area contributed by atoms with Crippen molar-refractivity contribution in [2.24, 2.45) is 0 Å². The van der Waals surface area contributed by atoms with Crippen LogP contribution in [0.2, 0.25) is 5.02 Å². The van der Waals surface area contributed by atoms with Crippen LogP contribution in [0.15, 0.2) is 24.3 Å². The maximum atomic E-state index is 11.4. The van der Waals surface area contributed by atoms with Crippen molar-refractivity contribution in [2.75, 3.05) is 20.3 Å². The Kier molecular flexibility index (Phi) is 5.85. The van der Waals surface area contributed by atoms with Crippen LogP contribution in [0, 0.1) is 0 Å². The molecule has 0 radical (unpaired) electrons. The lowest BCUT2D eigenvalue weighted by molar-refractivity contribution is -0.133. The summed E-state index contributed by atoms with van der Waals surface area (Å²) in [4.78, 5) is 16.2. The van der Waals surface area contributed by atoms with Crippen LogP contribution in [0.25, 0.3) is 0 Å². The zero-order valence-electron chi connectivity index (χ0n) is 9.03. The molecule has 0 aliphatic rings. The molecule has 5 heteroatoms. The van der Waals surface area contributed by atoms with Crippen LogP contribution in [0.4, 0.5) is 0 Å². The highest BCUT2D eigenvalue weighted by atomic mass is 35.5. The highest BCUT2D eigenvalue weighted by molar-refractivity contribution is 6.30. The van der Waals surface area contributed by atoms with E-state index in [4.69, 9.17) is 21.2 Å². The predicted molar refractivity (Wildman–Crippen MR) is 61.1 cm³/mol. The minimum Gasteiger partial charge on any atom is -0.382 e. The molecule has 88 valence electrons. The maximum Gasteiger partial charge on any atom is 0.247 e. The third-order valence-electron chi connectivity index (χ3n) is 1.85. The molecule has 0 aliphatic carbocycles. The summed E-state index contributed by atoms with van der Waals surface area (Å²) in [5.41, 5.74) is 3.21. The average molecular weight is 244 g/mol. The predicted octanol–water partition coefficient (Wildman–Crippen LogP) is 1.58. The number of halogens is 1. The molecule has 0 saturated heterocycles. The van der Waals surface area contributed by atoms with Crippen molar-refractivity contribution in [3.8, 4) is 0 Å². The molecule has 0 heterocycles. The van der Waals surface area contributed by atoms with Gasteiger partial charge in [-0.2, -0.15) is 0 Å². The van der Waals surface area contributed by atoms with Crippen LogP contribution >= 0.6 is 11.6 Å². The zero-order valence-corrected chi connectivity index (χ0v) is 9.79. The summed E-state index contributed by atoms with van der Waals surface area (Å²) in [7, 11) is 1.57. The van der Waals surface area contributed by atoms with Crippen molar-refractivity contribution in [3.05, 3.63) is 34.9 Å². The average Bonchev–Trinajstić information content (AvgIpc) is 2.28. The van der Waals surface area contributed by atoms with Gasteiger partial charge < -0.3 is 4.74 Å². The molecule has 0 spiro atoms. The number of benzene rings is 1. The Morgan fingerprint density at radius 3 is 2.62 bits per heavy atom. The second-order valence-electron chi connectivity index (χ2n) is 3.17. The Hall–Kier alpha value is -1.10. The van der Waals surface area contributed by atoms with Gasteiger partial charge in [0.2, 0.25) is 5.91 Å². The summed E-state index contributed by atoms with van der Waals surface area (Å²) in [5.74, 6) is -0.196. The van der Waals surface area contributed by atoms with E-state index in [1.54, 1.807) is 31.4 Å². The first-order chi connectivity index (χ1) is 7.72. The number of ether oxygens (including phenoxy) is 1. The molecule has 0 aromatic heterocycles. The minimum atomic E-state index is -0.196. The molecule has 0 bridgehead atoms. The molecule has 1 aromatic rings. The summed E-state index contributed by atoms with van der Waals surface area (Å²) in [6.45, 7) is 0.782. The van der Waals surface area contributed by atoms with Gasteiger partial charge in [0.25, 0.3) is 0 Å². The number of nitrogens with one attached hydrogen (secondary N) is 1. The highest BCUT2D eigenvalue weighted by Crippen LogP contribution is 2.09. The number of hydrogen-bond acceptors (Lipinski definition) is 3. The van der Waals surface area contributed by atoms with E-state index in [9.17, 15) is 4.79 Å². The van der Waals surface area contributed by atoms with Gasteiger partial charge in [0.15, 0.2) is 0 Å². The monoisotopic (exact) mass is 243 g/mol. The third-order valence-corrected chi connectivity index (χ3v) is 2.11. The van der Waals surface area contributed by atoms with E-state index in [0.717, 1.165) is 5.56 Å². The van der Waals surface area contributed by atoms with Crippen molar-refractivity contribution in [1.29, 1.82) is 0 Å². The molecule has 0 aliphatic heterocycles. The van der Waals surface area contributed by atoms with Crippen LogP contribution < -0.4 is 5.48 Å². The van der Waals surface area contributed by atoms with Crippen LogP contribution in [0.3, 0.4) is 0 Å². The van der Waals surface area contributed by atoms with Crippen molar-refractivity contribution < 1.29 is 14.4 Å². The molecule has 0 atom stereocenters. The van der Waals surface area contributed by atoms with Gasteiger partial charge in [0, 0.05) is 12.1 Å². The lowest BCUT2D eigenvalue weighted by Crippen LogP contribution is -2.26. The quantitative estimate of drug-likeness (QED) is 0.610. The number of rotatable bonds is 6. The van der Waals surface area contributed by atoms with E-state index in [0.29, 0.717) is 18.2 Å². The van der Waals surface area contributed by atoms with Gasteiger partial charge in [-0.25, -0.2) is 5.48 Å². The SMILES string of the molecule is COCCONC(=O)Cc1ccc(Cl)cc1. The first-order valence-electron chi connectivity index (χ1n) is 4.86. The van der Waals surface area contributed by atoms with E-state index < -0.39 is 0 Å². The van der Waals surface area contributed by atoms with Crippen molar-refractivity contribution in [1.82, 2.24) is 5.48 Å². The van der Waals surface area contributed by atoms with Gasteiger partial charge in [-0.15, -0.1) is 0 Å². The topological polar surface area (TPSA) is 47.6 Å². The maximum absolute atomic E-state index is 11.4. The summed E-state index contributed by atoms with van der Waals surface area (Å²) >= 11 is 5.73. The molecule has 4 nitrogen and oxygen atoms in total. The van der Waals surface area contributed by atoms with Crippen LogP contribution in [-0.4, -0.2) is 26.2 Å². The van der Waals surface area contributed by atoms with Gasteiger partial charge >= 0.3 is 0 Å². The van der Waals surface area contributed by atoms with Gasteiger partial charge in [0.1, 0.15) is 0 Å². The molecule has 1 aromatic carbocycles. The highest BCUT2D eigenvalue weighted by Gasteiger charge is 2.02. The summed E-state index contributed by atoms with van der Waals surface area (Å²) in [6, 6.07) is 7.10. The molecule has 0 unspecified atom stereocenters. The fourth-order valence-electron chi connectivity index (χ4n) is 1.08. The van der Waals surface area contributed by atoms with Gasteiger partial charge in [-0.3, -0.25) is 9.63 Å². The standard InChI is InChI=1S/C11H14ClNO3/c1-15-6-7-16-13-11(14)8-9-2-4-10(12)5-3-9/h2-5H,6-8H2,1H3,(H,13,14). The van der Waals surface area contributed by atoms with Crippen molar-refractivity contribution >= 4 is 17.5 Å². The number of hydrogen-bond donors (Lipinski definition) is 1. The van der Waals surface area contributed by atoms with Gasteiger partial charge in [0.05, 0.1) is 19.6 Å². The molecule has 0 saturated carbocycles. The van der Waals surface area contributed by atoms with Crippen LogP contribution in [-0.2, 0) is 20.8 Å². The lowest BCUT2D eigenvalue weighted by atomic mass is 10.1. The van der Waals surface area contributed by atoms with Crippen molar-refractivity contribution in [3.63, 3.8) is 0 Å². The van der Waals surface area contributed by atoms with Gasteiger partial charge in [-0.1, -0.05) is 23.7 Å². The molecule has 1 rings (SSSR count). The molecular weight excluding hydrogens is 230 g/mol. The third kappa shape index (κ3) is 5.11. The Labute approximate surface area is 99.5 Å². The number of carbonyl (C=O) groups is 1. The Bertz CT molecular complexity index is 327. The Morgan fingerprint density at radius 2 is 2.00 bits per heavy atom. The normalized spacial score (nSPS) is 10.1. The number of amides is 1. The molecule has 1 amide bonds. The fraction of sp³-hybridized carbons (Fsp3) is 0.364.